The monoisotopic (exact) mass is 511 g/mol. The van der Waals surface area contributed by atoms with Crippen molar-refractivity contribution in [3.8, 4) is 0 Å². The van der Waals surface area contributed by atoms with Gasteiger partial charge in [-0.25, -0.2) is 19.2 Å². The number of nitrogens with zero attached hydrogens (tertiary/aromatic N) is 4. The zero-order chi connectivity index (χ0) is 26.7. The molecule has 1 unspecified atom stereocenters. The Morgan fingerprint density at radius 2 is 1.78 bits per heavy atom. The van der Waals surface area contributed by atoms with Crippen LogP contribution in [0.3, 0.4) is 0 Å². The van der Waals surface area contributed by atoms with Crippen LogP contribution in [0.2, 0.25) is 0 Å². The molecule has 0 saturated carbocycles. The van der Waals surface area contributed by atoms with Crippen LogP contribution in [0.4, 0.5) is 9.18 Å². The van der Waals surface area contributed by atoms with Gasteiger partial charge in [-0.1, -0.05) is 49.4 Å². The fraction of sp³-hybridized carbons (Fsp3) is 0.385. The smallest absolute Gasteiger partial charge is 0.334 e. The van der Waals surface area contributed by atoms with Crippen molar-refractivity contribution >= 4 is 23.8 Å². The van der Waals surface area contributed by atoms with Gasteiger partial charge in [0.05, 0.1) is 19.5 Å². The Balaban J connectivity index is 1.59. The lowest BCUT2D eigenvalue weighted by molar-refractivity contribution is -0.188. The van der Waals surface area contributed by atoms with Crippen molar-refractivity contribution in [2.24, 2.45) is 0 Å². The fourth-order valence-corrected chi connectivity index (χ4v) is 4.91. The molecule has 0 radical (unpaired) electrons. The average Bonchev–Trinajstić information content (AvgIpc) is 2.86. The van der Waals surface area contributed by atoms with Crippen molar-refractivity contribution in [3.63, 3.8) is 0 Å². The van der Waals surface area contributed by atoms with E-state index in [-0.39, 0.29) is 31.4 Å². The van der Waals surface area contributed by atoms with Crippen LogP contribution < -0.4 is 5.32 Å². The number of carboxylic acids is 1. The highest BCUT2D eigenvalue weighted by molar-refractivity contribution is 5.93. The number of carbonyl (C=O) groups excluding carboxylic acids is 3. The summed E-state index contributed by atoms with van der Waals surface area (Å²) < 4.78 is 13.2. The summed E-state index contributed by atoms with van der Waals surface area (Å²) in [4.78, 5) is 54.2. The summed E-state index contributed by atoms with van der Waals surface area (Å²) in [6, 6.07) is 13.6. The molecule has 2 aromatic rings. The average molecular weight is 512 g/mol. The summed E-state index contributed by atoms with van der Waals surface area (Å²) in [5, 5.41) is 15.1. The Bertz CT molecular complexity index is 1160. The number of hydrogen-bond acceptors (Lipinski definition) is 5. The molecule has 2 aliphatic rings. The Labute approximate surface area is 214 Å². The van der Waals surface area contributed by atoms with Gasteiger partial charge in [-0.15, -0.1) is 0 Å². The van der Waals surface area contributed by atoms with Crippen molar-refractivity contribution < 1.29 is 28.7 Å². The van der Waals surface area contributed by atoms with Crippen molar-refractivity contribution in [1.82, 2.24) is 25.1 Å². The van der Waals surface area contributed by atoms with Crippen LogP contribution in [0, 0.1) is 5.82 Å². The second kappa shape index (κ2) is 11.0. The van der Waals surface area contributed by atoms with E-state index in [1.54, 1.807) is 24.1 Å². The van der Waals surface area contributed by atoms with Gasteiger partial charge in [0.1, 0.15) is 18.0 Å². The highest BCUT2D eigenvalue weighted by Crippen LogP contribution is 2.29. The predicted octanol–water partition coefficient (Wildman–Crippen LogP) is 1.84. The van der Waals surface area contributed by atoms with Gasteiger partial charge in [-0.05, 0) is 29.2 Å². The third kappa shape index (κ3) is 5.72. The maximum atomic E-state index is 13.4. The number of benzene rings is 2. The highest BCUT2D eigenvalue weighted by atomic mass is 19.1. The number of carbonyl (C=O) groups is 4. The van der Waals surface area contributed by atoms with Gasteiger partial charge in [0.25, 0.3) is 0 Å². The first kappa shape index (κ1) is 26.1. The normalized spacial score (nSPS) is 21.0. The number of hydrazine groups is 1. The number of rotatable bonds is 7. The minimum atomic E-state index is -1.23. The van der Waals surface area contributed by atoms with Crippen LogP contribution in [0.25, 0.3) is 0 Å². The van der Waals surface area contributed by atoms with Gasteiger partial charge in [-0.3, -0.25) is 14.4 Å². The Hall–Kier alpha value is -3.99. The summed E-state index contributed by atoms with van der Waals surface area (Å²) in [5.74, 6) is -2.54. The molecule has 10 nitrogen and oxygen atoms in total. The molecular formula is C26H30FN5O5. The summed E-state index contributed by atoms with van der Waals surface area (Å²) in [6.07, 6.45) is -1.45. The van der Waals surface area contributed by atoms with E-state index in [4.69, 9.17) is 0 Å². The molecule has 2 heterocycles. The van der Waals surface area contributed by atoms with Gasteiger partial charge in [0.2, 0.25) is 11.8 Å². The third-order valence-corrected chi connectivity index (χ3v) is 6.74. The summed E-state index contributed by atoms with van der Waals surface area (Å²) >= 11 is 0. The number of halogens is 1. The van der Waals surface area contributed by atoms with Gasteiger partial charge < -0.3 is 20.2 Å². The third-order valence-electron chi connectivity index (χ3n) is 6.74. The molecule has 37 heavy (non-hydrogen) atoms. The zero-order valence-electron chi connectivity index (χ0n) is 20.7. The van der Waals surface area contributed by atoms with E-state index < -0.39 is 42.4 Å². The second-order valence-electron chi connectivity index (χ2n) is 9.40. The molecule has 196 valence electrons. The topological polar surface area (TPSA) is 114 Å². The number of likely N-dealkylation sites (N-methyl/N-ethyl adjacent to an activating group) is 1. The lowest BCUT2D eigenvalue weighted by atomic mass is 9.98. The Morgan fingerprint density at radius 3 is 2.43 bits per heavy atom. The molecule has 11 heteroatoms. The number of hydrogen-bond donors (Lipinski definition) is 2. The van der Waals surface area contributed by atoms with Gasteiger partial charge in [0, 0.05) is 20.1 Å². The molecule has 2 saturated heterocycles. The summed E-state index contributed by atoms with van der Waals surface area (Å²) in [6.45, 7) is 2.23. The first-order chi connectivity index (χ1) is 17.7. The second-order valence-corrected chi connectivity index (χ2v) is 9.40. The van der Waals surface area contributed by atoms with Crippen LogP contribution in [0.1, 0.15) is 30.4 Å². The van der Waals surface area contributed by atoms with Gasteiger partial charge in [0.15, 0.2) is 0 Å². The minimum absolute atomic E-state index is 0.0339. The van der Waals surface area contributed by atoms with Crippen molar-refractivity contribution in [2.45, 2.75) is 38.0 Å². The number of urea groups is 1. The maximum Gasteiger partial charge on any atom is 0.334 e. The number of nitrogens with one attached hydrogen (secondary N) is 1. The van der Waals surface area contributed by atoms with E-state index in [9.17, 15) is 28.7 Å². The first-order valence-electron chi connectivity index (χ1n) is 12.0. The fourth-order valence-electron chi connectivity index (χ4n) is 4.91. The molecule has 2 N–H and O–H groups in total. The number of amides is 4. The molecule has 2 aliphatic heterocycles. The molecule has 0 aromatic heterocycles. The van der Waals surface area contributed by atoms with E-state index in [1.807, 2.05) is 37.3 Å². The lowest BCUT2D eigenvalue weighted by Gasteiger charge is -2.54. The largest absolute Gasteiger partial charge is 0.481 e. The van der Waals surface area contributed by atoms with Crippen LogP contribution in [-0.4, -0.2) is 87.6 Å². The number of fused-ring (bicyclic) bond motifs is 1. The Kier molecular flexibility index (Phi) is 7.72. The van der Waals surface area contributed by atoms with E-state index in [0.29, 0.717) is 12.1 Å². The summed E-state index contributed by atoms with van der Waals surface area (Å²) in [7, 11) is 1.59. The molecular weight excluding hydrogens is 481 g/mol. The SMILES string of the molecule is CC(CN1C[C@H]2N(C(=O)CN(C)N2C(=O)NCc2ccc(F)cc2)[C@@H](CC(=O)O)C1=O)c1ccccc1. The number of aliphatic carboxylic acids is 1. The molecule has 0 bridgehead atoms. The van der Waals surface area contributed by atoms with Crippen molar-refractivity contribution in [3.05, 3.63) is 71.5 Å². The molecule has 3 atom stereocenters. The molecule has 4 rings (SSSR count). The zero-order valence-corrected chi connectivity index (χ0v) is 20.7. The molecule has 0 spiro atoms. The van der Waals surface area contributed by atoms with E-state index in [1.165, 1.54) is 27.1 Å². The first-order valence-corrected chi connectivity index (χ1v) is 12.0. The number of carboxylic acid groups (broad SMARTS) is 1. The summed E-state index contributed by atoms with van der Waals surface area (Å²) in [5.41, 5.74) is 1.70. The minimum Gasteiger partial charge on any atom is -0.481 e. The molecule has 2 fully saturated rings. The van der Waals surface area contributed by atoms with Crippen LogP contribution in [0.5, 0.6) is 0 Å². The van der Waals surface area contributed by atoms with E-state index >= 15 is 0 Å². The predicted molar refractivity (Wildman–Crippen MR) is 131 cm³/mol. The van der Waals surface area contributed by atoms with Crippen LogP contribution in [0.15, 0.2) is 54.6 Å². The molecule has 0 aliphatic carbocycles. The van der Waals surface area contributed by atoms with E-state index in [0.717, 1.165) is 5.56 Å². The van der Waals surface area contributed by atoms with Crippen molar-refractivity contribution in [1.29, 1.82) is 0 Å². The van der Waals surface area contributed by atoms with E-state index in [2.05, 4.69) is 5.32 Å². The van der Waals surface area contributed by atoms with Gasteiger partial charge in [-0.2, -0.15) is 0 Å². The Morgan fingerprint density at radius 1 is 1.11 bits per heavy atom. The lowest BCUT2D eigenvalue weighted by Crippen LogP contribution is -2.76. The van der Waals surface area contributed by atoms with Crippen LogP contribution >= 0.6 is 0 Å². The molecule has 4 amide bonds. The van der Waals surface area contributed by atoms with Crippen molar-refractivity contribution in [2.75, 3.05) is 26.7 Å². The number of piperazine rings is 1. The quantitative estimate of drug-likeness (QED) is 0.587. The van der Waals surface area contributed by atoms with Gasteiger partial charge >= 0.3 is 12.0 Å². The molecule has 2 aromatic carbocycles. The highest BCUT2D eigenvalue weighted by Gasteiger charge is 2.51. The van der Waals surface area contributed by atoms with Crippen LogP contribution in [-0.2, 0) is 20.9 Å². The standard InChI is InChI=1S/C26H30FN5O5/c1-17(19-6-4-3-5-7-19)14-30-15-22-31(21(25(30)36)12-24(34)35)23(33)16-29(2)32(22)26(37)28-13-18-8-10-20(27)11-9-18/h3-11,17,21-22H,12-16H2,1-2H3,(H,28,37)(H,34,35)/t17?,21-,22-/m0/s1. The maximum absolute atomic E-state index is 13.4.